The van der Waals surface area contributed by atoms with Crippen molar-refractivity contribution in [2.75, 3.05) is 0 Å². The monoisotopic (exact) mass is 248 g/mol. The highest BCUT2D eigenvalue weighted by atomic mass is 32.1. The molecule has 0 aliphatic rings. The van der Waals surface area contributed by atoms with E-state index in [9.17, 15) is 9.59 Å². The van der Waals surface area contributed by atoms with Gasteiger partial charge in [-0.1, -0.05) is 41.7 Å². The van der Waals surface area contributed by atoms with Gasteiger partial charge in [0.2, 0.25) is 5.78 Å². The van der Waals surface area contributed by atoms with Crippen LogP contribution in [0.15, 0.2) is 42.5 Å². The minimum Gasteiger partial charge on any atom is -0.449 e. The van der Waals surface area contributed by atoms with Crippen LogP contribution in [0.3, 0.4) is 0 Å². The molecule has 1 heterocycles. The zero-order valence-electron chi connectivity index (χ0n) is 8.62. The Morgan fingerprint density at radius 3 is 2.41 bits per heavy atom. The molecule has 0 saturated heterocycles. The van der Waals surface area contributed by atoms with Crippen molar-refractivity contribution in [2.24, 2.45) is 0 Å². The van der Waals surface area contributed by atoms with Crippen molar-refractivity contribution in [3.63, 3.8) is 0 Å². The maximum Gasteiger partial charge on any atom is 0.512 e. The molecule has 17 heavy (non-hydrogen) atoms. The van der Waals surface area contributed by atoms with Crippen molar-refractivity contribution in [3.8, 4) is 5.06 Å². The second-order valence-corrected chi connectivity index (χ2v) is 4.23. The summed E-state index contributed by atoms with van der Waals surface area (Å²) in [6, 6.07) is 11.8. The zero-order chi connectivity index (χ0) is 12.3. The highest BCUT2D eigenvalue weighted by molar-refractivity contribution is 7.16. The van der Waals surface area contributed by atoms with E-state index in [4.69, 9.17) is 5.11 Å². The first-order valence-electron chi connectivity index (χ1n) is 4.77. The van der Waals surface area contributed by atoms with E-state index in [0.717, 1.165) is 11.3 Å². The molecule has 2 rings (SSSR count). The molecule has 0 radical (unpaired) electrons. The normalized spacial score (nSPS) is 9.88. The van der Waals surface area contributed by atoms with Crippen molar-refractivity contribution in [2.45, 2.75) is 0 Å². The maximum absolute atomic E-state index is 12.0. The molecule has 0 amide bonds. The molecule has 0 aliphatic heterocycles. The van der Waals surface area contributed by atoms with Crippen LogP contribution in [0.5, 0.6) is 5.06 Å². The Labute approximate surface area is 101 Å². The molecule has 2 aromatic rings. The van der Waals surface area contributed by atoms with Crippen LogP contribution in [0, 0.1) is 0 Å². The van der Waals surface area contributed by atoms with Gasteiger partial charge in [-0.25, -0.2) is 4.79 Å². The Morgan fingerprint density at radius 1 is 1.06 bits per heavy atom. The molecule has 0 bridgehead atoms. The molecule has 0 aliphatic carbocycles. The summed E-state index contributed by atoms with van der Waals surface area (Å²) in [5.41, 5.74) is 0.566. The third-order valence-corrected chi connectivity index (χ3v) is 2.99. The second-order valence-electron chi connectivity index (χ2n) is 3.18. The van der Waals surface area contributed by atoms with Crippen molar-refractivity contribution in [1.29, 1.82) is 0 Å². The highest BCUT2D eigenvalue weighted by Gasteiger charge is 2.13. The fraction of sp³-hybridized carbons (Fsp3) is 0. The molecular formula is C12H8O4S. The smallest absolute Gasteiger partial charge is 0.449 e. The minimum atomic E-state index is -1.38. The van der Waals surface area contributed by atoms with Crippen LogP contribution in [0.25, 0.3) is 0 Å². The molecule has 0 unspecified atom stereocenters. The fourth-order valence-electron chi connectivity index (χ4n) is 1.31. The number of ketones is 1. The van der Waals surface area contributed by atoms with Crippen molar-refractivity contribution in [1.82, 2.24) is 0 Å². The number of rotatable bonds is 3. The lowest BCUT2D eigenvalue weighted by atomic mass is 10.1. The van der Waals surface area contributed by atoms with Crippen LogP contribution in [0.4, 0.5) is 4.79 Å². The second kappa shape index (κ2) is 4.80. The number of thiophene rings is 1. The van der Waals surface area contributed by atoms with Gasteiger partial charge in [0, 0.05) is 5.56 Å². The van der Waals surface area contributed by atoms with Crippen LogP contribution < -0.4 is 4.74 Å². The summed E-state index contributed by atoms with van der Waals surface area (Å²) in [5, 5.41) is 8.62. The Balaban J connectivity index is 2.21. The SMILES string of the molecule is O=C(O)Oc1ccc(C(=O)c2ccccc2)s1. The van der Waals surface area contributed by atoms with Crippen LogP contribution in [0.1, 0.15) is 15.2 Å². The van der Waals surface area contributed by atoms with Gasteiger partial charge in [-0.2, -0.15) is 0 Å². The third kappa shape index (κ3) is 2.70. The van der Waals surface area contributed by atoms with E-state index >= 15 is 0 Å². The van der Waals surface area contributed by atoms with Crippen LogP contribution >= 0.6 is 11.3 Å². The minimum absolute atomic E-state index is 0.143. The van der Waals surface area contributed by atoms with E-state index in [-0.39, 0.29) is 10.8 Å². The van der Waals surface area contributed by atoms with Gasteiger partial charge in [-0.3, -0.25) is 4.79 Å². The summed E-state index contributed by atoms with van der Waals surface area (Å²) >= 11 is 1.01. The molecule has 0 atom stereocenters. The highest BCUT2D eigenvalue weighted by Crippen LogP contribution is 2.26. The van der Waals surface area contributed by atoms with Gasteiger partial charge in [0.25, 0.3) is 0 Å². The number of ether oxygens (including phenoxy) is 1. The lowest BCUT2D eigenvalue weighted by Gasteiger charge is -1.96. The van der Waals surface area contributed by atoms with Crippen LogP contribution in [0.2, 0.25) is 0 Å². The molecule has 86 valence electrons. The lowest BCUT2D eigenvalue weighted by Crippen LogP contribution is -2.01. The van der Waals surface area contributed by atoms with Gasteiger partial charge < -0.3 is 9.84 Å². The molecule has 1 aromatic heterocycles. The number of benzene rings is 1. The maximum atomic E-state index is 12.0. The van der Waals surface area contributed by atoms with E-state index in [1.807, 2.05) is 6.07 Å². The van der Waals surface area contributed by atoms with E-state index < -0.39 is 6.16 Å². The number of carboxylic acid groups (broad SMARTS) is 1. The molecular weight excluding hydrogens is 240 g/mol. The summed E-state index contributed by atoms with van der Waals surface area (Å²) in [5.74, 6) is -0.143. The molecule has 4 nitrogen and oxygen atoms in total. The summed E-state index contributed by atoms with van der Waals surface area (Å²) in [6.07, 6.45) is -1.38. The largest absolute Gasteiger partial charge is 0.512 e. The first kappa shape index (κ1) is 11.3. The number of hydrogen-bond donors (Lipinski definition) is 1. The average molecular weight is 248 g/mol. The van der Waals surface area contributed by atoms with Gasteiger partial charge in [0.1, 0.15) is 0 Å². The van der Waals surface area contributed by atoms with Crippen molar-refractivity contribution in [3.05, 3.63) is 52.9 Å². The Bertz CT molecular complexity index is 545. The van der Waals surface area contributed by atoms with Crippen LogP contribution in [-0.4, -0.2) is 17.0 Å². The first-order valence-corrected chi connectivity index (χ1v) is 5.59. The van der Waals surface area contributed by atoms with Crippen molar-refractivity contribution >= 4 is 23.3 Å². The van der Waals surface area contributed by atoms with Crippen LogP contribution in [-0.2, 0) is 0 Å². The fourth-order valence-corrected chi connectivity index (χ4v) is 2.13. The Morgan fingerprint density at radius 2 is 1.76 bits per heavy atom. The predicted molar refractivity (Wildman–Crippen MR) is 62.8 cm³/mol. The molecule has 5 heteroatoms. The summed E-state index contributed by atoms with van der Waals surface area (Å²) in [7, 11) is 0. The summed E-state index contributed by atoms with van der Waals surface area (Å²) in [6.45, 7) is 0. The predicted octanol–water partition coefficient (Wildman–Crippen LogP) is 3.04. The average Bonchev–Trinajstić information content (AvgIpc) is 2.77. The molecule has 1 aromatic carbocycles. The van der Waals surface area contributed by atoms with E-state index in [0.29, 0.717) is 10.4 Å². The molecule has 0 spiro atoms. The van der Waals surface area contributed by atoms with Gasteiger partial charge in [-0.15, -0.1) is 0 Å². The molecule has 0 fully saturated rings. The van der Waals surface area contributed by atoms with E-state index in [1.54, 1.807) is 30.3 Å². The lowest BCUT2D eigenvalue weighted by molar-refractivity contribution is 0.104. The topological polar surface area (TPSA) is 63.6 Å². The Kier molecular flexibility index (Phi) is 3.20. The van der Waals surface area contributed by atoms with Gasteiger partial charge in [0.15, 0.2) is 5.06 Å². The number of carbonyl (C=O) groups excluding carboxylic acids is 1. The third-order valence-electron chi connectivity index (χ3n) is 2.03. The zero-order valence-corrected chi connectivity index (χ0v) is 9.44. The van der Waals surface area contributed by atoms with Gasteiger partial charge >= 0.3 is 6.16 Å². The van der Waals surface area contributed by atoms with Gasteiger partial charge in [-0.05, 0) is 12.1 Å². The number of hydrogen-bond acceptors (Lipinski definition) is 4. The molecule has 0 saturated carbocycles. The Hall–Kier alpha value is -2.14. The molecule has 1 N–H and O–H groups in total. The van der Waals surface area contributed by atoms with E-state index in [1.165, 1.54) is 6.07 Å². The van der Waals surface area contributed by atoms with Gasteiger partial charge in [0.05, 0.1) is 4.88 Å². The summed E-state index contributed by atoms with van der Waals surface area (Å²) < 4.78 is 4.46. The standard InChI is InChI=1S/C12H8O4S/c13-11(8-4-2-1-3-5-8)9-6-7-10(17-9)16-12(14)15/h1-7H,(H,14,15). The first-order chi connectivity index (χ1) is 8.16. The number of carbonyl (C=O) groups is 2. The van der Waals surface area contributed by atoms with Crippen molar-refractivity contribution < 1.29 is 19.4 Å². The van der Waals surface area contributed by atoms with E-state index in [2.05, 4.69) is 4.74 Å². The quantitative estimate of drug-likeness (QED) is 0.669. The summed E-state index contributed by atoms with van der Waals surface area (Å²) in [4.78, 5) is 22.7.